The Balaban J connectivity index is 2.13. The number of ether oxygens (including phenoxy) is 2. The number of thiophene rings is 1. The van der Waals surface area contributed by atoms with Gasteiger partial charge in [0, 0.05) is 18.5 Å². The summed E-state index contributed by atoms with van der Waals surface area (Å²) in [5, 5.41) is 4.62. The Labute approximate surface area is 105 Å². The van der Waals surface area contributed by atoms with E-state index in [2.05, 4.69) is 5.32 Å². The molecule has 96 valence electrons. The molecule has 1 aromatic heterocycles. The lowest BCUT2D eigenvalue weighted by Gasteiger charge is -2.10. The molecule has 1 aromatic rings. The highest BCUT2D eigenvalue weighted by Gasteiger charge is 2.15. The van der Waals surface area contributed by atoms with Crippen LogP contribution in [0.4, 0.5) is 0 Å². The van der Waals surface area contributed by atoms with Gasteiger partial charge in [0.1, 0.15) is 6.04 Å². The van der Waals surface area contributed by atoms with Crippen LogP contribution in [-0.2, 0) is 14.3 Å². The number of rotatable bonds is 8. The van der Waals surface area contributed by atoms with Crippen LogP contribution in [0.15, 0.2) is 17.5 Å². The Morgan fingerprint density at radius 2 is 2.35 bits per heavy atom. The molecule has 0 aliphatic rings. The van der Waals surface area contributed by atoms with Gasteiger partial charge in [-0.1, -0.05) is 6.07 Å². The minimum absolute atomic E-state index is 0.178. The lowest BCUT2D eigenvalue weighted by atomic mass is 10.2. The van der Waals surface area contributed by atoms with Crippen molar-refractivity contribution in [2.45, 2.75) is 6.04 Å². The zero-order chi connectivity index (χ0) is 12.5. The van der Waals surface area contributed by atoms with Crippen molar-refractivity contribution < 1.29 is 14.3 Å². The summed E-state index contributed by atoms with van der Waals surface area (Å²) in [7, 11) is 1.62. The van der Waals surface area contributed by atoms with Crippen LogP contribution in [0.3, 0.4) is 0 Å². The number of hydrogen-bond acceptors (Lipinski definition) is 5. The molecule has 1 atom stereocenters. The molecule has 6 heteroatoms. The van der Waals surface area contributed by atoms with E-state index in [1.165, 1.54) is 11.3 Å². The first-order valence-electron chi connectivity index (χ1n) is 5.39. The normalized spacial score (nSPS) is 12.4. The molecule has 0 saturated heterocycles. The summed E-state index contributed by atoms with van der Waals surface area (Å²) in [5.74, 6) is -0.178. The number of nitrogens with two attached hydrogens (primary N) is 1. The standard InChI is InChI=1S/C11H18N2O3S/c1-15-6-7-16-5-4-13-11(14)10(12)9-3-2-8-17-9/h2-3,8,10H,4-7,12H2,1H3,(H,13,14). The van der Waals surface area contributed by atoms with E-state index in [0.717, 1.165) is 4.88 Å². The van der Waals surface area contributed by atoms with E-state index in [9.17, 15) is 4.79 Å². The number of hydrogen-bond donors (Lipinski definition) is 2. The van der Waals surface area contributed by atoms with Crippen LogP contribution < -0.4 is 11.1 Å². The summed E-state index contributed by atoms with van der Waals surface area (Å²) in [5.41, 5.74) is 5.78. The van der Waals surface area contributed by atoms with Gasteiger partial charge in [-0.05, 0) is 11.4 Å². The molecular weight excluding hydrogens is 240 g/mol. The smallest absolute Gasteiger partial charge is 0.242 e. The molecule has 0 bridgehead atoms. The molecule has 1 amide bonds. The molecule has 0 spiro atoms. The third kappa shape index (κ3) is 5.27. The SMILES string of the molecule is COCCOCCNC(=O)C(N)c1cccs1. The van der Waals surface area contributed by atoms with Gasteiger partial charge < -0.3 is 20.5 Å². The maximum atomic E-state index is 11.6. The summed E-state index contributed by atoms with van der Waals surface area (Å²) in [6.45, 7) is 2.01. The summed E-state index contributed by atoms with van der Waals surface area (Å²) < 4.78 is 10.0. The van der Waals surface area contributed by atoms with Gasteiger partial charge in [-0.3, -0.25) is 4.79 Å². The van der Waals surface area contributed by atoms with Gasteiger partial charge in [-0.15, -0.1) is 11.3 Å². The largest absolute Gasteiger partial charge is 0.382 e. The van der Waals surface area contributed by atoms with Gasteiger partial charge in [-0.2, -0.15) is 0 Å². The number of nitrogens with one attached hydrogen (secondary N) is 1. The Morgan fingerprint density at radius 1 is 1.53 bits per heavy atom. The monoisotopic (exact) mass is 258 g/mol. The van der Waals surface area contributed by atoms with Crippen molar-refractivity contribution in [1.29, 1.82) is 0 Å². The van der Waals surface area contributed by atoms with Gasteiger partial charge in [0.05, 0.1) is 19.8 Å². The topological polar surface area (TPSA) is 73.6 Å². The average molecular weight is 258 g/mol. The predicted octanol–water partition coefficient (Wildman–Crippen LogP) is 0.527. The molecule has 1 rings (SSSR count). The van der Waals surface area contributed by atoms with E-state index in [1.807, 2.05) is 17.5 Å². The number of carbonyl (C=O) groups is 1. The predicted molar refractivity (Wildman–Crippen MR) is 67.0 cm³/mol. The van der Waals surface area contributed by atoms with E-state index in [1.54, 1.807) is 7.11 Å². The second kappa shape index (κ2) is 8.19. The van der Waals surface area contributed by atoms with Crippen molar-refractivity contribution in [2.75, 3.05) is 33.5 Å². The quantitative estimate of drug-likeness (QED) is 0.667. The van der Waals surface area contributed by atoms with E-state index in [0.29, 0.717) is 26.4 Å². The number of amides is 1. The Bertz CT molecular complexity index is 317. The first-order valence-corrected chi connectivity index (χ1v) is 6.27. The first kappa shape index (κ1) is 14.1. The molecule has 0 aliphatic heterocycles. The number of carbonyl (C=O) groups excluding carboxylic acids is 1. The zero-order valence-electron chi connectivity index (χ0n) is 9.85. The van der Waals surface area contributed by atoms with Crippen LogP contribution in [0.25, 0.3) is 0 Å². The fourth-order valence-electron chi connectivity index (χ4n) is 1.20. The molecule has 0 radical (unpaired) electrons. The number of methoxy groups -OCH3 is 1. The van der Waals surface area contributed by atoms with Crippen LogP contribution in [0.2, 0.25) is 0 Å². The summed E-state index contributed by atoms with van der Waals surface area (Å²) in [4.78, 5) is 12.5. The van der Waals surface area contributed by atoms with Gasteiger partial charge in [0.2, 0.25) is 5.91 Å². The molecule has 3 N–H and O–H groups in total. The summed E-state index contributed by atoms with van der Waals surface area (Å²) >= 11 is 1.48. The van der Waals surface area contributed by atoms with Crippen LogP contribution >= 0.6 is 11.3 Å². The molecule has 0 aromatic carbocycles. The van der Waals surface area contributed by atoms with Crippen molar-refractivity contribution >= 4 is 17.2 Å². The lowest BCUT2D eigenvalue weighted by Crippen LogP contribution is -2.35. The highest BCUT2D eigenvalue weighted by atomic mass is 32.1. The van der Waals surface area contributed by atoms with Crippen LogP contribution in [0, 0.1) is 0 Å². The average Bonchev–Trinajstić information content (AvgIpc) is 2.86. The maximum absolute atomic E-state index is 11.6. The Morgan fingerprint density at radius 3 is 3.00 bits per heavy atom. The van der Waals surface area contributed by atoms with Crippen molar-refractivity contribution in [3.05, 3.63) is 22.4 Å². The molecule has 1 unspecified atom stereocenters. The highest BCUT2D eigenvalue weighted by Crippen LogP contribution is 2.16. The zero-order valence-corrected chi connectivity index (χ0v) is 10.7. The third-order valence-electron chi connectivity index (χ3n) is 2.11. The first-order chi connectivity index (χ1) is 8.25. The van der Waals surface area contributed by atoms with Crippen LogP contribution in [-0.4, -0.2) is 39.4 Å². The van der Waals surface area contributed by atoms with E-state index in [-0.39, 0.29) is 5.91 Å². The second-order valence-corrected chi connectivity index (χ2v) is 4.37. The van der Waals surface area contributed by atoms with Crippen molar-refractivity contribution in [3.8, 4) is 0 Å². The minimum Gasteiger partial charge on any atom is -0.382 e. The van der Waals surface area contributed by atoms with Gasteiger partial charge in [0.25, 0.3) is 0 Å². The van der Waals surface area contributed by atoms with Crippen molar-refractivity contribution in [1.82, 2.24) is 5.32 Å². The second-order valence-electron chi connectivity index (χ2n) is 3.39. The fraction of sp³-hybridized carbons (Fsp3) is 0.545. The highest BCUT2D eigenvalue weighted by molar-refractivity contribution is 7.10. The summed E-state index contributed by atoms with van der Waals surface area (Å²) in [6.07, 6.45) is 0. The van der Waals surface area contributed by atoms with E-state index < -0.39 is 6.04 Å². The molecule has 0 saturated carbocycles. The van der Waals surface area contributed by atoms with Gasteiger partial charge in [0.15, 0.2) is 0 Å². The minimum atomic E-state index is -0.589. The molecule has 1 heterocycles. The fourth-order valence-corrected chi connectivity index (χ4v) is 1.92. The van der Waals surface area contributed by atoms with Crippen LogP contribution in [0.5, 0.6) is 0 Å². The molecule has 17 heavy (non-hydrogen) atoms. The van der Waals surface area contributed by atoms with Gasteiger partial charge >= 0.3 is 0 Å². The van der Waals surface area contributed by atoms with Crippen molar-refractivity contribution in [3.63, 3.8) is 0 Å². The lowest BCUT2D eigenvalue weighted by molar-refractivity contribution is -0.122. The van der Waals surface area contributed by atoms with E-state index in [4.69, 9.17) is 15.2 Å². The van der Waals surface area contributed by atoms with Crippen LogP contribution in [0.1, 0.15) is 10.9 Å². The molecule has 5 nitrogen and oxygen atoms in total. The van der Waals surface area contributed by atoms with Crippen molar-refractivity contribution in [2.24, 2.45) is 5.73 Å². The molecular formula is C11H18N2O3S. The Hall–Kier alpha value is -0.950. The third-order valence-corrected chi connectivity index (χ3v) is 3.07. The van der Waals surface area contributed by atoms with Gasteiger partial charge in [-0.25, -0.2) is 0 Å². The summed E-state index contributed by atoms with van der Waals surface area (Å²) in [6, 6.07) is 3.14. The molecule has 0 fully saturated rings. The molecule has 0 aliphatic carbocycles. The van der Waals surface area contributed by atoms with E-state index >= 15 is 0 Å². The Kier molecular flexibility index (Phi) is 6.80. The maximum Gasteiger partial charge on any atom is 0.242 e.